The summed E-state index contributed by atoms with van der Waals surface area (Å²) in [6, 6.07) is 3.02. The Kier molecular flexibility index (Phi) is 4.25. The third kappa shape index (κ3) is 3.04. The lowest BCUT2D eigenvalue weighted by molar-refractivity contribution is 0.0794. The van der Waals surface area contributed by atoms with Crippen molar-refractivity contribution in [1.29, 1.82) is 0 Å². The molecular formula is C16H26N2S. The molecule has 1 saturated carbocycles. The Morgan fingerprint density at radius 2 is 2.26 bits per heavy atom. The summed E-state index contributed by atoms with van der Waals surface area (Å²) in [6.45, 7) is 6.03. The Labute approximate surface area is 121 Å². The maximum absolute atomic E-state index is 3.88. The van der Waals surface area contributed by atoms with E-state index in [1.807, 2.05) is 11.3 Å². The van der Waals surface area contributed by atoms with E-state index in [2.05, 4.69) is 34.0 Å². The van der Waals surface area contributed by atoms with Gasteiger partial charge >= 0.3 is 0 Å². The van der Waals surface area contributed by atoms with Crippen LogP contribution in [0.4, 0.5) is 0 Å². The molecule has 1 aromatic rings. The normalized spacial score (nSPS) is 27.1. The molecule has 0 aromatic carbocycles. The number of thiophene rings is 1. The van der Waals surface area contributed by atoms with Crippen LogP contribution < -0.4 is 5.32 Å². The lowest BCUT2D eigenvalue weighted by atomic mass is 9.91. The SMILES string of the molecule is CCC1CNC2(CCCC2)CN1CCc1ccsc1. The van der Waals surface area contributed by atoms with E-state index in [1.54, 1.807) is 0 Å². The van der Waals surface area contributed by atoms with Crippen LogP contribution in [0.5, 0.6) is 0 Å². The maximum Gasteiger partial charge on any atom is 0.0309 e. The Hall–Kier alpha value is -0.380. The Morgan fingerprint density at radius 1 is 1.42 bits per heavy atom. The first-order valence-electron chi connectivity index (χ1n) is 7.81. The van der Waals surface area contributed by atoms with Gasteiger partial charge in [0.1, 0.15) is 0 Å². The Balaban J connectivity index is 1.62. The van der Waals surface area contributed by atoms with E-state index < -0.39 is 0 Å². The summed E-state index contributed by atoms with van der Waals surface area (Å²) in [7, 11) is 0. The quantitative estimate of drug-likeness (QED) is 0.909. The van der Waals surface area contributed by atoms with Crippen molar-refractivity contribution in [2.24, 2.45) is 0 Å². The first-order chi connectivity index (χ1) is 9.31. The van der Waals surface area contributed by atoms with Crippen molar-refractivity contribution in [1.82, 2.24) is 10.2 Å². The minimum absolute atomic E-state index is 0.459. The summed E-state index contributed by atoms with van der Waals surface area (Å²) in [4.78, 5) is 2.76. The van der Waals surface area contributed by atoms with Gasteiger partial charge in [-0.05, 0) is 48.1 Å². The highest BCUT2D eigenvalue weighted by molar-refractivity contribution is 7.07. The summed E-state index contributed by atoms with van der Waals surface area (Å²) in [5.74, 6) is 0. The largest absolute Gasteiger partial charge is 0.308 e. The molecule has 1 aromatic heterocycles. The number of nitrogens with one attached hydrogen (secondary N) is 1. The number of hydrogen-bond acceptors (Lipinski definition) is 3. The zero-order chi connectivity index (χ0) is 13.1. The van der Waals surface area contributed by atoms with Crippen LogP contribution >= 0.6 is 11.3 Å². The molecule has 0 amide bonds. The van der Waals surface area contributed by atoms with Crippen molar-refractivity contribution >= 4 is 11.3 Å². The van der Waals surface area contributed by atoms with Gasteiger partial charge in [0.25, 0.3) is 0 Å². The van der Waals surface area contributed by atoms with Gasteiger partial charge in [0.05, 0.1) is 0 Å². The lowest BCUT2D eigenvalue weighted by Crippen LogP contribution is -2.63. The van der Waals surface area contributed by atoms with E-state index in [0.717, 1.165) is 6.04 Å². The fourth-order valence-corrected chi connectivity index (χ4v) is 4.50. The molecular weight excluding hydrogens is 252 g/mol. The molecule has 19 heavy (non-hydrogen) atoms. The fourth-order valence-electron chi connectivity index (χ4n) is 3.80. The van der Waals surface area contributed by atoms with Gasteiger partial charge in [0, 0.05) is 31.2 Å². The zero-order valence-electron chi connectivity index (χ0n) is 12.0. The third-order valence-corrected chi connectivity index (χ3v) is 5.77. The minimum atomic E-state index is 0.459. The molecule has 1 N–H and O–H groups in total. The van der Waals surface area contributed by atoms with Gasteiger partial charge in [-0.1, -0.05) is 19.8 Å². The van der Waals surface area contributed by atoms with Gasteiger partial charge < -0.3 is 5.32 Å². The molecule has 3 rings (SSSR count). The van der Waals surface area contributed by atoms with Crippen molar-refractivity contribution < 1.29 is 0 Å². The van der Waals surface area contributed by atoms with Crippen LogP contribution in [-0.4, -0.2) is 36.1 Å². The van der Waals surface area contributed by atoms with Crippen molar-refractivity contribution in [3.8, 4) is 0 Å². The molecule has 3 heteroatoms. The van der Waals surface area contributed by atoms with E-state index in [1.165, 1.54) is 63.7 Å². The molecule has 1 atom stereocenters. The summed E-state index contributed by atoms with van der Waals surface area (Å²) in [5, 5.41) is 8.38. The topological polar surface area (TPSA) is 15.3 Å². The number of piperazine rings is 1. The molecule has 1 spiro atoms. The van der Waals surface area contributed by atoms with Gasteiger partial charge in [-0.3, -0.25) is 4.90 Å². The predicted molar refractivity (Wildman–Crippen MR) is 82.9 cm³/mol. The zero-order valence-corrected chi connectivity index (χ0v) is 12.8. The van der Waals surface area contributed by atoms with Gasteiger partial charge in [-0.2, -0.15) is 11.3 Å². The maximum atomic E-state index is 3.88. The Morgan fingerprint density at radius 3 is 2.95 bits per heavy atom. The van der Waals surface area contributed by atoms with E-state index in [9.17, 15) is 0 Å². The average Bonchev–Trinajstić information content (AvgIpc) is 3.09. The molecule has 2 fully saturated rings. The first kappa shape index (κ1) is 13.6. The van der Waals surface area contributed by atoms with Crippen molar-refractivity contribution in [2.75, 3.05) is 19.6 Å². The Bertz CT molecular complexity index is 381. The molecule has 1 aliphatic carbocycles. The van der Waals surface area contributed by atoms with E-state index in [-0.39, 0.29) is 0 Å². The molecule has 2 aliphatic rings. The lowest BCUT2D eigenvalue weighted by Gasteiger charge is -2.46. The second kappa shape index (κ2) is 5.94. The highest BCUT2D eigenvalue weighted by Gasteiger charge is 2.40. The van der Waals surface area contributed by atoms with Crippen LogP contribution in [0.15, 0.2) is 16.8 Å². The third-order valence-electron chi connectivity index (χ3n) is 5.03. The van der Waals surface area contributed by atoms with Crippen LogP contribution in [0.3, 0.4) is 0 Å². The summed E-state index contributed by atoms with van der Waals surface area (Å²) in [5.41, 5.74) is 1.97. The molecule has 1 saturated heterocycles. The van der Waals surface area contributed by atoms with E-state index >= 15 is 0 Å². The summed E-state index contributed by atoms with van der Waals surface area (Å²) in [6.07, 6.45) is 8.10. The first-order valence-corrected chi connectivity index (χ1v) is 8.76. The van der Waals surface area contributed by atoms with Gasteiger partial charge in [0.15, 0.2) is 0 Å². The van der Waals surface area contributed by atoms with Crippen LogP contribution in [0, 0.1) is 0 Å². The second-order valence-corrected chi connectivity index (χ2v) is 7.06. The van der Waals surface area contributed by atoms with Gasteiger partial charge in [0.2, 0.25) is 0 Å². The van der Waals surface area contributed by atoms with Crippen LogP contribution in [0.25, 0.3) is 0 Å². The van der Waals surface area contributed by atoms with E-state index in [4.69, 9.17) is 0 Å². The molecule has 1 unspecified atom stereocenters. The predicted octanol–water partition coefficient (Wildman–Crippen LogP) is 3.29. The smallest absolute Gasteiger partial charge is 0.0309 e. The molecule has 106 valence electrons. The van der Waals surface area contributed by atoms with Crippen molar-refractivity contribution in [3.63, 3.8) is 0 Å². The number of hydrogen-bond donors (Lipinski definition) is 1. The van der Waals surface area contributed by atoms with Crippen molar-refractivity contribution in [2.45, 2.75) is 57.0 Å². The van der Waals surface area contributed by atoms with Gasteiger partial charge in [-0.15, -0.1) is 0 Å². The fraction of sp³-hybridized carbons (Fsp3) is 0.750. The van der Waals surface area contributed by atoms with Gasteiger partial charge in [-0.25, -0.2) is 0 Å². The summed E-state index contributed by atoms with van der Waals surface area (Å²) < 4.78 is 0. The number of rotatable bonds is 4. The van der Waals surface area contributed by atoms with E-state index in [0.29, 0.717) is 5.54 Å². The molecule has 2 nitrogen and oxygen atoms in total. The second-order valence-electron chi connectivity index (χ2n) is 6.28. The van der Waals surface area contributed by atoms with Crippen molar-refractivity contribution in [3.05, 3.63) is 22.4 Å². The number of nitrogens with zero attached hydrogens (tertiary/aromatic N) is 1. The molecule has 0 bridgehead atoms. The minimum Gasteiger partial charge on any atom is -0.308 e. The summed E-state index contributed by atoms with van der Waals surface area (Å²) >= 11 is 1.82. The van der Waals surface area contributed by atoms with Crippen LogP contribution in [0.1, 0.15) is 44.6 Å². The standard InChI is InChI=1S/C16H26N2S/c1-2-15-11-17-16(7-3-4-8-16)13-18(15)9-5-14-6-10-19-12-14/h6,10,12,15,17H,2-5,7-9,11,13H2,1H3. The highest BCUT2D eigenvalue weighted by Crippen LogP contribution is 2.33. The monoisotopic (exact) mass is 278 g/mol. The highest BCUT2D eigenvalue weighted by atomic mass is 32.1. The van der Waals surface area contributed by atoms with Crippen LogP contribution in [0.2, 0.25) is 0 Å². The van der Waals surface area contributed by atoms with Crippen LogP contribution in [-0.2, 0) is 6.42 Å². The molecule has 2 heterocycles. The molecule has 0 radical (unpaired) electrons. The average molecular weight is 278 g/mol. The molecule has 1 aliphatic heterocycles.